The standard InChI is InChI=1S/C46H68N4O10SSi/c1-28(2)57-39-24-38(33-21-22-37(29(3)40(33)48-39)60-62(10,11)45(7,8)9)58-31-23-35-36(51)26-46(42(53)49-61(55,56)32-19-20-32)25-30(46)17-15-13-12-14-16-18-34(41(52)50(35)27-31)47-43(54)59-44(4,5)6/h15,17,21-22,24,28,30-32,34-35H,12-14,16,18-20,23,25-27H2,1-11H3,(H,47,54)(H,49,53)/b17-15-/t30-,31+,34-,35-,46+/m0/s1. The molecule has 3 amide bonds. The van der Waals surface area contributed by atoms with Gasteiger partial charge in [0.1, 0.15) is 29.2 Å². The van der Waals surface area contributed by atoms with E-state index < -0.39 is 70.7 Å². The average Bonchev–Trinajstić information content (AvgIpc) is 4.07. The second-order valence-corrected chi connectivity index (χ2v) is 27.3. The molecule has 1 aromatic heterocycles. The van der Waals surface area contributed by atoms with Crippen LogP contribution in [0.3, 0.4) is 0 Å². The Hall–Kier alpha value is -4.18. The summed E-state index contributed by atoms with van der Waals surface area (Å²) in [5.41, 5.74) is -0.622. The summed E-state index contributed by atoms with van der Waals surface area (Å²) in [6, 6.07) is 3.55. The lowest BCUT2D eigenvalue weighted by Crippen LogP contribution is -2.53. The number of Topliss-reactive ketones (excluding diaryl/α,β-unsaturated/α-hetero) is 1. The van der Waals surface area contributed by atoms with E-state index in [1.165, 1.54) is 4.90 Å². The van der Waals surface area contributed by atoms with Gasteiger partial charge >= 0.3 is 6.09 Å². The topological polar surface area (TPSA) is 180 Å². The zero-order valence-corrected chi connectivity index (χ0v) is 40.3. The molecule has 0 radical (unpaired) electrons. The molecule has 342 valence electrons. The number of nitrogens with zero attached hydrogens (tertiary/aromatic N) is 2. The lowest BCUT2D eigenvalue weighted by molar-refractivity contribution is -0.140. The summed E-state index contributed by atoms with van der Waals surface area (Å²) in [7, 11) is -6.09. The Morgan fingerprint density at radius 2 is 1.71 bits per heavy atom. The zero-order valence-electron chi connectivity index (χ0n) is 38.5. The van der Waals surface area contributed by atoms with Crippen LogP contribution in [0.2, 0.25) is 18.1 Å². The van der Waals surface area contributed by atoms with Gasteiger partial charge in [0.15, 0.2) is 5.78 Å². The number of allylic oxidation sites excluding steroid dienone is 2. The fraction of sp³-hybridized carbons (Fsp3) is 0.674. The number of benzene rings is 1. The Morgan fingerprint density at radius 3 is 2.35 bits per heavy atom. The summed E-state index contributed by atoms with van der Waals surface area (Å²) >= 11 is 0. The van der Waals surface area contributed by atoms with Gasteiger partial charge in [0, 0.05) is 29.9 Å². The highest BCUT2D eigenvalue weighted by atomic mass is 32.2. The van der Waals surface area contributed by atoms with E-state index in [-0.39, 0.29) is 42.2 Å². The molecular formula is C46H68N4O10SSi. The van der Waals surface area contributed by atoms with E-state index in [1.807, 2.05) is 45.1 Å². The van der Waals surface area contributed by atoms with Crippen molar-refractivity contribution in [1.82, 2.24) is 19.9 Å². The quantitative estimate of drug-likeness (QED) is 0.174. The molecule has 3 fully saturated rings. The molecular weight excluding hydrogens is 829 g/mol. The second kappa shape index (κ2) is 17.8. The molecule has 5 atom stereocenters. The summed E-state index contributed by atoms with van der Waals surface area (Å²) in [4.78, 5) is 63.0. The maximum Gasteiger partial charge on any atom is 0.408 e. The van der Waals surface area contributed by atoms with Crippen LogP contribution in [0.1, 0.15) is 125 Å². The molecule has 2 saturated carbocycles. The largest absolute Gasteiger partial charge is 0.543 e. The first-order valence-corrected chi connectivity index (χ1v) is 26.8. The Morgan fingerprint density at radius 1 is 1.00 bits per heavy atom. The highest BCUT2D eigenvalue weighted by Gasteiger charge is 2.61. The van der Waals surface area contributed by atoms with Crippen molar-refractivity contribution in [1.29, 1.82) is 0 Å². The molecule has 0 unspecified atom stereocenters. The minimum atomic E-state index is -3.88. The Balaban J connectivity index is 1.36. The number of ether oxygens (including phenoxy) is 3. The summed E-state index contributed by atoms with van der Waals surface area (Å²) in [5, 5.41) is 2.85. The number of sulfonamides is 1. The summed E-state index contributed by atoms with van der Waals surface area (Å²) in [5.74, 6) is -0.318. The predicted molar refractivity (Wildman–Crippen MR) is 240 cm³/mol. The monoisotopic (exact) mass is 896 g/mol. The normalized spacial score (nSPS) is 25.8. The van der Waals surface area contributed by atoms with Crippen molar-refractivity contribution in [3.63, 3.8) is 0 Å². The predicted octanol–water partition coefficient (Wildman–Crippen LogP) is 8.05. The lowest BCUT2D eigenvalue weighted by Gasteiger charge is -2.37. The van der Waals surface area contributed by atoms with Crippen molar-refractivity contribution in [3.8, 4) is 17.4 Å². The van der Waals surface area contributed by atoms with Crippen LogP contribution in [0.15, 0.2) is 30.4 Å². The number of carbonyl (C=O) groups excluding carboxylic acids is 4. The SMILES string of the molecule is Cc1c(O[Si](C)(C)C(C)(C)C)ccc2c(O[C@@H]3C[C@H]4C(=O)C[C@]5(C(=O)NS(=O)(=O)C6CC6)C[C@@H]5/C=C\CCCCC[C@H](NC(=O)OC(C)(C)C)C(=O)N4C3)cc(OC(C)C)nc12. The Bertz CT molecular complexity index is 2190. The van der Waals surface area contributed by atoms with E-state index in [0.717, 1.165) is 24.2 Å². The van der Waals surface area contributed by atoms with E-state index in [0.29, 0.717) is 61.1 Å². The van der Waals surface area contributed by atoms with Gasteiger partial charge in [0.2, 0.25) is 36.0 Å². The van der Waals surface area contributed by atoms with Gasteiger partial charge in [-0.15, -0.1) is 0 Å². The van der Waals surface area contributed by atoms with Gasteiger partial charge in [0.05, 0.1) is 34.9 Å². The van der Waals surface area contributed by atoms with Crippen LogP contribution >= 0.6 is 0 Å². The molecule has 2 aromatic rings. The summed E-state index contributed by atoms with van der Waals surface area (Å²) in [6.45, 7) is 21.9. The highest BCUT2D eigenvalue weighted by Crippen LogP contribution is 2.57. The molecule has 1 saturated heterocycles. The van der Waals surface area contributed by atoms with Gasteiger partial charge in [-0.1, -0.05) is 45.8 Å². The van der Waals surface area contributed by atoms with E-state index in [9.17, 15) is 27.6 Å². The number of aromatic nitrogens is 1. The van der Waals surface area contributed by atoms with E-state index in [1.54, 1.807) is 26.8 Å². The number of hydrogen-bond donors (Lipinski definition) is 2. The van der Waals surface area contributed by atoms with Crippen LogP contribution in [-0.2, 0) is 29.1 Å². The number of nitrogens with one attached hydrogen (secondary N) is 2. The van der Waals surface area contributed by atoms with Crippen LogP contribution in [0.25, 0.3) is 10.9 Å². The minimum absolute atomic E-state index is 0.00998. The number of rotatable bonds is 10. The van der Waals surface area contributed by atoms with Gasteiger partial charge in [-0.2, -0.15) is 0 Å². The van der Waals surface area contributed by atoms with E-state index in [4.69, 9.17) is 23.6 Å². The molecule has 2 aliphatic heterocycles. The third-order valence-electron chi connectivity index (χ3n) is 12.9. The smallest absolute Gasteiger partial charge is 0.408 e. The highest BCUT2D eigenvalue weighted by molar-refractivity contribution is 7.90. The van der Waals surface area contributed by atoms with Crippen LogP contribution < -0.4 is 23.9 Å². The van der Waals surface area contributed by atoms with Gasteiger partial charge in [-0.05, 0) is 116 Å². The number of ketones is 1. The maximum atomic E-state index is 14.8. The first kappa shape index (κ1) is 47.3. The number of amides is 3. The molecule has 2 N–H and O–H groups in total. The number of fused-ring (bicyclic) bond motifs is 3. The molecule has 6 rings (SSSR count). The fourth-order valence-corrected chi connectivity index (χ4v) is 10.6. The number of hydrogen-bond acceptors (Lipinski definition) is 11. The molecule has 4 aliphatic rings. The molecule has 16 heteroatoms. The van der Waals surface area contributed by atoms with Crippen molar-refractivity contribution >= 4 is 52.9 Å². The second-order valence-electron chi connectivity index (χ2n) is 20.6. The van der Waals surface area contributed by atoms with Crippen molar-refractivity contribution in [2.75, 3.05) is 6.54 Å². The van der Waals surface area contributed by atoms with Crippen LogP contribution in [0.5, 0.6) is 17.4 Å². The number of alkyl carbamates (subject to hydrolysis) is 1. The molecule has 1 aromatic carbocycles. The number of aryl methyl sites for hydroxylation is 1. The fourth-order valence-electron chi connectivity index (χ4n) is 8.11. The molecule has 0 spiro atoms. The average molecular weight is 897 g/mol. The Kier molecular flexibility index (Phi) is 13.6. The number of carbonyl (C=O) groups is 4. The first-order valence-electron chi connectivity index (χ1n) is 22.3. The Labute approximate surface area is 368 Å². The molecule has 2 aliphatic carbocycles. The van der Waals surface area contributed by atoms with E-state index in [2.05, 4.69) is 43.9 Å². The summed E-state index contributed by atoms with van der Waals surface area (Å²) in [6.07, 6.45) is 6.66. The molecule has 3 heterocycles. The van der Waals surface area contributed by atoms with Gasteiger partial charge in [0.25, 0.3) is 0 Å². The molecule has 14 nitrogen and oxygen atoms in total. The third-order valence-corrected chi connectivity index (χ3v) is 19.0. The lowest BCUT2D eigenvalue weighted by atomic mass is 9.91. The van der Waals surface area contributed by atoms with Crippen molar-refractivity contribution < 1.29 is 46.2 Å². The van der Waals surface area contributed by atoms with Crippen molar-refractivity contribution in [3.05, 3.63) is 35.9 Å². The van der Waals surface area contributed by atoms with E-state index >= 15 is 0 Å². The van der Waals surface area contributed by atoms with Gasteiger partial charge < -0.3 is 28.9 Å². The minimum Gasteiger partial charge on any atom is -0.543 e. The molecule has 62 heavy (non-hydrogen) atoms. The van der Waals surface area contributed by atoms with Gasteiger partial charge in [-0.25, -0.2) is 18.2 Å². The van der Waals surface area contributed by atoms with Crippen LogP contribution in [0, 0.1) is 18.3 Å². The first-order chi connectivity index (χ1) is 28.8. The third kappa shape index (κ3) is 10.9. The maximum absolute atomic E-state index is 14.8. The molecule has 0 bridgehead atoms. The summed E-state index contributed by atoms with van der Waals surface area (Å²) < 4.78 is 53.5. The van der Waals surface area contributed by atoms with Crippen molar-refractivity contribution in [2.24, 2.45) is 11.3 Å². The van der Waals surface area contributed by atoms with Crippen LogP contribution in [0.4, 0.5) is 4.79 Å². The van der Waals surface area contributed by atoms with Crippen LogP contribution in [-0.4, -0.2) is 92.0 Å². The van der Waals surface area contributed by atoms with Gasteiger partial charge in [-0.3, -0.25) is 19.1 Å². The number of pyridine rings is 1. The zero-order chi connectivity index (χ0) is 45.6. The van der Waals surface area contributed by atoms with Crippen molar-refractivity contribution in [2.45, 2.75) is 180 Å².